The number of hydrogen-bond donors (Lipinski definition) is 0. The first-order chi connectivity index (χ1) is 14.6. The molecule has 0 bridgehead atoms. The number of rotatable bonds is 3. The maximum atomic E-state index is 12.6. The third kappa shape index (κ3) is 4.79. The van der Waals surface area contributed by atoms with Crippen LogP contribution in [0.4, 0.5) is 10.5 Å². The Labute approximate surface area is 181 Å². The Balaban J connectivity index is 1.95. The number of ether oxygens (including phenoxy) is 3. The molecule has 31 heavy (non-hydrogen) atoms. The molecule has 3 rings (SSSR count). The number of benzene rings is 1. The summed E-state index contributed by atoms with van der Waals surface area (Å²) in [7, 11) is 2.50. The van der Waals surface area contributed by atoms with E-state index in [1.807, 2.05) is 39.0 Å². The van der Waals surface area contributed by atoms with Crippen molar-refractivity contribution in [1.29, 1.82) is 0 Å². The number of carbonyl (C=O) groups is 3. The molecule has 2 aliphatic rings. The Bertz CT molecular complexity index is 1000. The molecule has 0 fully saturated rings. The van der Waals surface area contributed by atoms with E-state index in [4.69, 9.17) is 14.2 Å². The van der Waals surface area contributed by atoms with Crippen molar-refractivity contribution >= 4 is 23.7 Å². The van der Waals surface area contributed by atoms with Gasteiger partial charge in [-0.1, -0.05) is 12.1 Å². The van der Waals surface area contributed by atoms with Crippen molar-refractivity contribution in [3.8, 4) is 0 Å². The van der Waals surface area contributed by atoms with Crippen LogP contribution in [0, 0.1) is 0 Å². The van der Waals surface area contributed by atoms with Gasteiger partial charge >= 0.3 is 18.0 Å². The van der Waals surface area contributed by atoms with Gasteiger partial charge in [0.1, 0.15) is 11.3 Å². The predicted molar refractivity (Wildman–Crippen MR) is 114 cm³/mol. The van der Waals surface area contributed by atoms with Crippen LogP contribution >= 0.6 is 0 Å². The van der Waals surface area contributed by atoms with Gasteiger partial charge in [0.05, 0.1) is 19.8 Å². The molecular weight excluding hydrogens is 400 g/mol. The van der Waals surface area contributed by atoms with Gasteiger partial charge in [0.15, 0.2) is 0 Å². The number of allylic oxidation sites excluding steroid dienone is 2. The highest BCUT2D eigenvalue weighted by Crippen LogP contribution is 2.32. The minimum absolute atomic E-state index is 0.0429. The highest BCUT2D eigenvalue weighted by atomic mass is 16.6. The summed E-state index contributed by atoms with van der Waals surface area (Å²) in [4.78, 5) is 40.5. The van der Waals surface area contributed by atoms with Crippen LogP contribution in [0.15, 0.2) is 53.9 Å². The number of amides is 1. The first-order valence-corrected chi connectivity index (χ1v) is 9.79. The SMILES string of the molecule is COC(=O)C1=C(C(=O)OC)N(c2ccc3c(c2)CN(C(=O)OC(C)(C)C)C3)C=CC=C1. The van der Waals surface area contributed by atoms with Crippen molar-refractivity contribution in [2.24, 2.45) is 0 Å². The van der Waals surface area contributed by atoms with Gasteiger partial charge in [0.25, 0.3) is 0 Å². The Morgan fingerprint density at radius 2 is 1.61 bits per heavy atom. The molecule has 0 saturated carbocycles. The maximum Gasteiger partial charge on any atom is 0.410 e. The quantitative estimate of drug-likeness (QED) is 0.541. The second-order valence-corrected chi connectivity index (χ2v) is 8.11. The molecule has 8 heteroatoms. The summed E-state index contributed by atoms with van der Waals surface area (Å²) in [5.74, 6) is -1.32. The van der Waals surface area contributed by atoms with Gasteiger partial charge in [-0.3, -0.25) is 4.90 Å². The summed E-state index contributed by atoms with van der Waals surface area (Å²) >= 11 is 0. The number of anilines is 1. The first-order valence-electron chi connectivity index (χ1n) is 9.79. The maximum absolute atomic E-state index is 12.6. The van der Waals surface area contributed by atoms with Crippen LogP contribution in [-0.2, 0) is 36.9 Å². The van der Waals surface area contributed by atoms with Gasteiger partial charge < -0.3 is 19.1 Å². The zero-order valence-corrected chi connectivity index (χ0v) is 18.3. The van der Waals surface area contributed by atoms with Crippen molar-refractivity contribution < 1.29 is 28.6 Å². The van der Waals surface area contributed by atoms with Crippen molar-refractivity contribution in [2.75, 3.05) is 19.1 Å². The van der Waals surface area contributed by atoms with Crippen molar-refractivity contribution in [3.63, 3.8) is 0 Å². The molecule has 8 nitrogen and oxygen atoms in total. The van der Waals surface area contributed by atoms with E-state index in [1.54, 1.807) is 28.2 Å². The van der Waals surface area contributed by atoms with Crippen LogP contribution in [0.1, 0.15) is 31.9 Å². The fraction of sp³-hybridized carbons (Fsp3) is 0.348. The first kappa shape index (κ1) is 22.1. The number of esters is 2. The molecule has 0 aliphatic carbocycles. The van der Waals surface area contributed by atoms with Gasteiger partial charge in [-0.15, -0.1) is 0 Å². The molecule has 2 aliphatic heterocycles. The van der Waals surface area contributed by atoms with E-state index in [0.717, 1.165) is 11.1 Å². The van der Waals surface area contributed by atoms with E-state index in [-0.39, 0.29) is 17.4 Å². The summed E-state index contributed by atoms with van der Waals surface area (Å²) in [5.41, 5.74) is 2.11. The molecule has 0 aromatic heterocycles. The van der Waals surface area contributed by atoms with Crippen molar-refractivity contribution in [3.05, 3.63) is 65.0 Å². The minimum Gasteiger partial charge on any atom is -0.465 e. The van der Waals surface area contributed by atoms with Crippen LogP contribution in [0.25, 0.3) is 0 Å². The van der Waals surface area contributed by atoms with E-state index >= 15 is 0 Å². The molecule has 0 atom stereocenters. The summed E-state index contributed by atoms with van der Waals surface area (Å²) in [6.07, 6.45) is 6.14. The van der Waals surface area contributed by atoms with Crippen LogP contribution in [0.5, 0.6) is 0 Å². The summed E-state index contributed by atoms with van der Waals surface area (Å²) in [6.45, 7) is 6.30. The third-order valence-electron chi connectivity index (χ3n) is 4.73. The van der Waals surface area contributed by atoms with Crippen LogP contribution in [0.2, 0.25) is 0 Å². The largest absolute Gasteiger partial charge is 0.465 e. The smallest absolute Gasteiger partial charge is 0.410 e. The lowest BCUT2D eigenvalue weighted by Crippen LogP contribution is -2.33. The fourth-order valence-electron chi connectivity index (χ4n) is 3.35. The fourth-order valence-corrected chi connectivity index (χ4v) is 3.35. The van der Waals surface area contributed by atoms with Gasteiger partial charge in [0, 0.05) is 25.0 Å². The molecule has 0 N–H and O–H groups in total. The number of carbonyl (C=O) groups excluding carboxylic acids is 3. The molecule has 0 radical (unpaired) electrons. The summed E-state index contributed by atoms with van der Waals surface area (Å²) in [5, 5.41) is 0. The predicted octanol–water partition coefficient (Wildman–Crippen LogP) is 3.43. The normalized spacial score (nSPS) is 15.5. The van der Waals surface area contributed by atoms with Crippen LogP contribution < -0.4 is 4.90 Å². The molecule has 0 saturated heterocycles. The van der Waals surface area contributed by atoms with E-state index in [9.17, 15) is 14.4 Å². The van der Waals surface area contributed by atoms with Crippen molar-refractivity contribution in [2.45, 2.75) is 39.5 Å². The molecule has 1 aromatic carbocycles. The second-order valence-electron chi connectivity index (χ2n) is 8.11. The van der Waals surface area contributed by atoms with E-state index < -0.39 is 17.5 Å². The number of methoxy groups -OCH3 is 2. The highest BCUT2D eigenvalue weighted by molar-refractivity contribution is 6.05. The Hall–Kier alpha value is -3.55. The number of fused-ring (bicyclic) bond motifs is 1. The average molecular weight is 426 g/mol. The third-order valence-corrected chi connectivity index (χ3v) is 4.73. The molecule has 0 spiro atoms. The molecule has 164 valence electrons. The highest BCUT2D eigenvalue weighted by Gasteiger charge is 2.30. The second kappa shape index (κ2) is 8.67. The lowest BCUT2D eigenvalue weighted by molar-refractivity contribution is -0.139. The molecule has 2 heterocycles. The standard InChI is InChI=1S/C23H26N2O6/c1-23(2,3)31-22(28)24-13-15-9-10-17(12-16(15)14-24)25-11-7-6-8-18(20(26)29-4)19(25)21(27)30-5/h6-12H,13-14H2,1-5H3. The monoisotopic (exact) mass is 426 g/mol. The Kier molecular flexibility index (Phi) is 6.19. The molecule has 1 amide bonds. The topological polar surface area (TPSA) is 85.4 Å². The lowest BCUT2D eigenvalue weighted by Gasteiger charge is -2.24. The zero-order chi connectivity index (χ0) is 22.8. The Morgan fingerprint density at radius 1 is 0.935 bits per heavy atom. The van der Waals surface area contributed by atoms with Crippen molar-refractivity contribution in [1.82, 2.24) is 4.90 Å². The number of nitrogens with zero attached hydrogens (tertiary/aromatic N) is 2. The van der Waals surface area contributed by atoms with Gasteiger partial charge in [-0.2, -0.15) is 0 Å². The molecular formula is C23H26N2O6. The van der Waals surface area contributed by atoms with Gasteiger partial charge in [-0.25, -0.2) is 14.4 Å². The zero-order valence-electron chi connectivity index (χ0n) is 18.3. The van der Waals surface area contributed by atoms with E-state index in [1.165, 1.54) is 20.3 Å². The molecule has 1 aromatic rings. The van der Waals surface area contributed by atoms with E-state index in [2.05, 4.69) is 0 Å². The van der Waals surface area contributed by atoms with Gasteiger partial charge in [-0.05, 0) is 56.2 Å². The van der Waals surface area contributed by atoms with Crippen LogP contribution in [0.3, 0.4) is 0 Å². The van der Waals surface area contributed by atoms with Crippen LogP contribution in [-0.4, -0.2) is 42.8 Å². The number of hydrogen-bond acceptors (Lipinski definition) is 7. The van der Waals surface area contributed by atoms with Gasteiger partial charge in [0.2, 0.25) is 0 Å². The Morgan fingerprint density at radius 3 is 2.26 bits per heavy atom. The lowest BCUT2D eigenvalue weighted by atomic mass is 10.1. The van der Waals surface area contributed by atoms with E-state index in [0.29, 0.717) is 18.8 Å². The molecule has 0 unspecified atom stereocenters. The average Bonchev–Trinajstić information content (AvgIpc) is 3.02. The summed E-state index contributed by atoms with van der Waals surface area (Å²) < 4.78 is 15.2. The summed E-state index contributed by atoms with van der Waals surface area (Å²) in [6, 6.07) is 5.60. The minimum atomic E-state index is -0.674.